The van der Waals surface area contributed by atoms with Gasteiger partial charge in [0.25, 0.3) is 5.91 Å². The zero-order valence-corrected chi connectivity index (χ0v) is 11.0. The normalized spacial score (nSPS) is 21.1. The quantitative estimate of drug-likeness (QED) is 0.904. The molecule has 2 N–H and O–H groups in total. The second-order valence-corrected chi connectivity index (χ2v) is 5.09. The van der Waals surface area contributed by atoms with Crippen LogP contribution in [0.1, 0.15) is 29.4 Å². The third-order valence-corrected chi connectivity index (χ3v) is 3.56. The Bertz CT molecular complexity index is 485. The van der Waals surface area contributed by atoms with E-state index in [4.69, 9.17) is 5.73 Å². The van der Waals surface area contributed by atoms with Crippen LogP contribution in [0.3, 0.4) is 0 Å². The molecule has 0 spiro atoms. The SMILES string of the molecule is CC(N)C1CCN(C(=O)c2ccc(C(F)(F)F)nc2)C1. The molecule has 1 saturated heterocycles. The standard InChI is InChI=1S/C13H16F3N3O/c1-8(17)10-4-5-19(7-10)12(20)9-2-3-11(18-6-9)13(14,15)16/h2-3,6,8,10H,4-5,7,17H2,1H3. The smallest absolute Gasteiger partial charge is 0.338 e. The van der Waals surface area contributed by atoms with Gasteiger partial charge in [-0.25, -0.2) is 0 Å². The third kappa shape index (κ3) is 3.09. The number of hydrogen-bond acceptors (Lipinski definition) is 3. The molecule has 20 heavy (non-hydrogen) atoms. The van der Waals surface area contributed by atoms with Crippen LogP contribution in [0.2, 0.25) is 0 Å². The maximum Gasteiger partial charge on any atom is 0.433 e. The lowest BCUT2D eigenvalue weighted by Crippen LogP contribution is -2.33. The molecule has 1 aromatic heterocycles. The molecular weight excluding hydrogens is 271 g/mol. The number of carbonyl (C=O) groups excluding carboxylic acids is 1. The molecule has 1 aromatic rings. The van der Waals surface area contributed by atoms with E-state index in [9.17, 15) is 18.0 Å². The Morgan fingerprint density at radius 3 is 2.65 bits per heavy atom. The minimum atomic E-state index is -4.49. The Morgan fingerprint density at radius 1 is 1.50 bits per heavy atom. The molecule has 4 nitrogen and oxygen atoms in total. The number of carbonyl (C=O) groups is 1. The summed E-state index contributed by atoms with van der Waals surface area (Å²) in [6.07, 6.45) is -2.70. The second kappa shape index (κ2) is 5.40. The summed E-state index contributed by atoms with van der Waals surface area (Å²) < 4.78 is 37.2. The van der Waals surface area contributed by atoms with Gasteiger partial charge >= 0.3 is 6.18 Å². The van der Waals surface area contributed by atoms with Gasteiger partial charge in [-0.05, 0) is 31.4 Å². The van der Waals surface area contributed by atoms with Gasteiger partial charge < -0.3 is 10.6 Å². The highest BCUT2D eigenvalue weighted by atomic mass is 19.4. The van der Waals surface area contributed by atoms with Crippen LogP contribution in [0.4, 0.5) is 13.2 Å². The zero-order chi connectivity index (χ0) is 14.9. The average molecular weight is 287 g/mol. The molecule has 1 amide bonds. The first-order valence-corrected chi connectivity index (χ1v) is 6.37. The molecule has 110 valence electrons. The highest BCUT2D eigenvalue weighted by Gasteiger charge is 2.33. The fraction of sp³-hybridized carbons (Fsp3) is 0.538. The van der Waals surface area contributed by atoms with Crippen molar-refractivity contribution >= 4 is 5.91 Å². The Labute approximate surface area is 114 Å². The van der Waals surface area contributed by atoms with Crippen LogP contribution < -0.4 is 5.73 Å². The van der Waals surface area contributed by atoms with Crippen LogP contribution >= 0.6 is 0 Å². The third-order valence-electron chi connectivity index (χ3n) is 3.56. The number of alkyl halides is 3. The Kier molecular flexibility index (Phi) is 3.99. The predicted octanol–water partition coefficient (Wildman–Crippen LogP) is 1.91. The van der Waals surface area contributed by atoms with Crippen molar-refractivity contribution in [1.29, 1.82) is 0 Å². The number of halogens is 3. The van der Waals surface area contributed by atoms with Gasteiger partial charge in [-0.15, -0.1) is 0 Å². The van der Waals surface area contributed by atoms with Crippen LogP contribution in [0.25, 0.3) is 0 Å². The summed E-state index contributed by atoms with van der Waals surface area (Å²) in [7, 11) is 0. The molecular formula is C13H16F3N3O. The maximum absolute atomic E-state index is 12.4. The van der Waals surface area contributed by atoms with E-state index in [1.165, 1.54) is 0 Å². The van der Waals surface area contributed by atoms with E-state index in [0.717, 1.165) is 24.8 Å². The summed E-state index contributed by atoms with van der Waals surface area (Å²) in [6, 6.07) is 1.99. The van der Waals surface area contributed by atoms with Crippen LogP contribution in [0, 0.1) is 5.92 Å². The minimum absolute atomic E-state index is 0.00136. The number of rotatable bonds is 2. The molecule has 1 fully saturated rings. The van der Waals surface area contributed by atoms with Gasteiger partial charge in [0.15, 0.2) is 0 Å². The molecule has 2 heterocycles. The molecule has 2 atom stereocenters. The Morgan fingerprint density at radius 2 is 2.20 bits per heavy atom. The second-order valence-electron chi connectivity index (χ2n) is 5.09. The molecule has 7 heteroatoms. The lowest BCUT2D eigenvalue weighted by atomic mass is 10.0. The lowest BCUT2D eigenvalue weighted by molar-refractivity contribution is -0.141. The lowest BCUT2D eigenvalue weighted by Gasteiger charge is -2.18. The molecule has 0 bridgehead atoms. The van der Waals surface area contributed by atoms with Crippen molar-refractivity contribution in [2.24, 2.45) is 11.7 Å². The van der Waals surface area contributed by atoms with Gasteiger partial charge in [0.05, 0.1) is 5.56 Å². The Hall–Kier alpha value is -1.63. The van der Waals surface area contributed by atoms with Crippen molar-refractivity contribution in [3.63, 3.8) is 0 Å². The number of pyridine rings is 1. The molecule has 0 aromatic carbocycles. The first-order valence-electron chi connectivity index (χ1n) is 6.37. The molecule has 0 aliphatic carbocycles. The number of likely N-dealkylation sites (tertiary alicyclic amines) is 1. The van der Waals surface area contributed by atoms with Crippen molar-refractivity contribution in [3.05, 3.63) is 29.6 Å². The molecule has 0 radical (unpaired) electrons. The number of nitrogens with zero attached hydrogens (tertiary/aromatic N) is 2. The molecule has 2 rings (SSSR count). The van der Waals surface area contributed by atoms with Gasteiger partial charge in [0.1, 0.15) is 5.69 Å². The topological polar surface area (TPSA) is 59.2 Å². The van der Waals surface area contributed by atoms with E-state index in [-0.39, 0.29) is 23.4 Å². The largest absolute Gasteiger partial charge is 0.433 e. The van der Waals surface area contributed by atoms with E-state index < -0.39 is 11.9 Å². The van der Waals surface area contributed by atoms with E-state index in [2.05, 4.69) is 4.98 Å². The fourth-order valence-corrected chi connectivity index (χ4v) is 2.27. The maximum atomic E-state index is 12.4. The van der Waals surface area contributed by atoms with Crippen molar-refractivity contribution < 1.29 is 18.0 Å². The first kappa shape index (κ1) is 14.8. The average Bonchev–Trinajstić information content (AvgIpc) is 2.86. The summed E-state index contributed by atoms with van der Waals surface area (Å²) in [6.45, 7) is 3.00. The van der Waals surface area contributed by atoms with Gasteiger partial charge in [-0.2, -0.15) is 13.2 Å². The monoisotopic (exact) mass is 287 g/mol. The Balaban J connectivity index is 2.07. The van der Waals surface area contributed by atoms with Crippen LogP contribution in [-0.4, -0.2) is 34.9 Å². The highest BCUT2D eigenvalue weighted by molar-refractivity contribution is 5.94. The summed E-state index contributed by atoms with van der Waals surface area (Å²) in [4.78, 5) is 17.0. The van der Waals surface area contributed by atoms with Crippen molar-refractivity contribution in [2.75, 3.05) is 13.1 Å². The summed E-state index contributed by atoms with van der Waals surface area (Å²) in [5.41, 5.74) is 4.96. The molecule has 2 unspecified atom stereocenters. The molecule has 0 saturated carbocycles. The van der Waals surface area contributed by atoms with E-state index >= 15 is 0 Å². The van der Waals surface area contributed by atoms with Gasteiger partial charge in [-0.3, -0.25) is 9.78 Å². The first-order chi connectivity index (χ1) is 9.29. The fourth-order valence-electron chi connectivity index (χ4n) is 2.27. The molecule has 1 aliphatic heterocycles. The number of hydrogen-bond donors (Lipinski definition) is 1. The number of aromatic nitrogens is 1. The summed E-state index contributed by atoms with van der Waals surface area (Å²) in [5, 5.41) is 0. The van der Waals surface area contributed by atoms with Crippen LogP contribution in [-0.2, 0) is 6.18 Å². The van der Waals surface area contributed by atoms with Gasteiger partial charge in [-0.1, -0.05) is 0 Å². The zero-order valence-electron chi connectivity index (χ0n) is 11.0. The van der Waals surface area contributed by atoms with Gasteiger partial charge in [0.2, 0.25) is 0 Å². The predicted molar refractivity (Wildman–Crippen MR) is 66.9 cm³/mol. The van der Waals surface area contributed by atoms with Crippen molar-refractivity contribution in [2.45, 2.75) is 25.6 Å². The summed E-state index contributed by atoms with van der Waals surface area (Å²) >= 11 is 0. The number of nitrogens with two attached hydrogens (primary N) is 1. The van der Waals surface area contributed by atoms with E-state index in [1.54, 1.807) is 4.90 Å². The summed E-state index contributed by atoms with van der Waals surface area (Å²) in [5.74, 6) is -0.0595. The highest BCUT2D eigenvalue weighted by Crippen LogP contribution is 2.27. The molecule has 1 aliphatic rings. The van der Waals surface area contributed by atoms with E-state index in [1.807, 2.05) is 6.92 Å². The van der Waals surface area contributed by atoms with Crippen molar-refractivity contribution in [1.82, 2.24) is 9.88 Å². The minimum Gasteiger partial charge on any atom is -0.338 e. The van der Waals surface area contributed by atoms with Crippen LogP contribution in [0.5, 0.6) is 0 Å². The van der Waals surface area contributed by atoms with Gasteiger partial charge in [0, 0.05) is 25.3 Å². The number of amides is 1. The van der Waals surface area contributed by atoms with Crippen molar-refractivity contribution in [3.8, 4) is 0 Å². The van der Waals surface area contributed by atoms with Crippen LogP contribution in [0.15, 0.2) is 18.3 Å². The van der Waals surface area contributed by atoms with E-state index in [0.29, 0.717) is 13.1 Å².